The molecule has 0 amide bonds. The van der Waals surface area contributed by atoms with Crippen molar-refractivity contribution in [3.05, 3.63) is 11.8 Å². The Labute approximate surface area is 150 Å². The van der Waals surface area contributed by atoms with E-state index in [0.717, 1.165) is 51.0 Å². The van der Waals surface area contributed by atoms with E-state index in [1.54, 1.807) is 0 Å². The van der Waals surface area contributed by atoms with Crippen LogP contribution in [0.5, 0.6) is 0 Å². The zero-order chi connectivity index (χ0) is 17.9. The Balaban J connectivity index is 1.77. The van der Waals surface area contributed by atoms with Gasteiger partial charge in [0.25, 0.3) is 0 Å². The number of thiocarbonyl (C=S) groups is 1. The molecule has 0 unspecified atom stereocenters. The Kier molecular flexibility index (Phi) is 5.61. The minimum Gasteiger partial charge on any atom is -0.360 e. The highest BCUT2D eigenvalue weighted by atomic mass is 32.1. The Morgan fingerprint density at radius 1 is 1.08 bits per heavy atom. The van der Waals surface area contributed by atoms with E-state index in [2.05, 4.69) is 20.6 Å². The summed E-state index contributed by atoms with van der Waals surface area (Å²) in [5, 5.41) is 6.14. The van der Waals surface area contributed by atoms with Crippen molar-refractivity contribution in [2.75, 3.05) is 23.3 Å². The van der Waals surface area contributed by atoms with Crippen LogP contribution in [0.15, 0.2) is 6.07 Å². The van der Waals surface area contributed by atoms with Gasteiger partial charge in [0.2, 0.25) is 5.95 Å². The summed E-state index contributed by atoms with van der Waals surface area (Å²) in [5.41, 5.74) is -0.950. The molecule has 25 heavy (non-hydrogen) atoms. The van der Waals surface area contributed by atoms with Gasteiger partial charge in [-0.15, -0.1) is 0 Å². The average Bonchev–Trinajstić information content (AvgIpc) is 3.07. The molecule has 1 aliphatic heterocycles. The molecule has 0 atom stereocenters. The SMILES string of the molecule is FC(F)(F)c1cc(N2CCCCC2)nc(NC(=S)NC2CCCC2)n1. The number of aromatic nitrogens is 2. The minimum absolute atomic E-state index is 0.106. The zero-order valence-electron chi connectivity index (χ0n) is 13.9. The van der Waals surface area contributed by atoms with Crippen molar-refractivity contribution < 1.29 is 13.2 Å². The highest BCUT2D eigenvalue weighted by molar-refractivity contribution is 7.80. The van der Waals surface area contributed by atoms with Crippen molar-refractivity contribution in [2.24, 2.45) is 0 Å². The summed E-state index contributed by atoms with van der Waals surface area (Å²) in [6, 6.07) is 1.29. The van der Waals surface area contributed by atoms with Gasteiger partial charge in [-0.2, -0.15) is 18.2 Å². The van der Waals surface area contributed by atoms with Crippen molar-refractivity contribution in [3.63, 3.8) is 0 Å². The second kappa shape index (κ2) is 7.72. The summed E-state index contributed by atoms with van der Waals surface area (Å²) in [7, 11) is 0. The molecule has 0 spiro atoms. The van der Waals surface area contributed by atoms with E-state index >= 15 is 0 Å². The lowest BCUT2D eigenvalue weighted by Crippen LogP contribution is -2.37. The third-order valence-electron chi connectivity index (χ3n) is 4.60. The Morgan fingerprint density at radius 2 is 1.76 bits per heavy atom. The molecule has 1 saturated carbocycles. The third kappa shape index (κ3) is 4.93. The number of piperidine rings is 1. The highest BCUT2D eigenvalue weighted by Crippen LogP contribution is 2.31. The van der Waals surface area contributed by atoms with Crippen molar-refractivity contribution >= 4 is 29.1 Å². The molecule has 2 fully saturated rings. The van der Waals surface area contributed by atoms with Gasteiger partial charge < -0.3 is 15.5 Å². The Bertz CT molecular complexity index is 610. The molecule has 1 aromatic heterocycles. The first kappa shape index (κ1) is 18.2. The fraction of sp³-hybridized carbons (Fsp3) is 0.688. The van der Waals surface area contributed by atoms with Crippen LogP contribution in [0.4, 0.5) is 24.9 Å². The lowest BCUT2D eigenvalue weighted by atomic mass is 10.1. The standard InChI is InChI=1S/C16H22F3N5S/c17-16(18,19)12-10-13(24-8-4-1-5-9-24)22-14(21-12)23-15(25)20-11-6-2-3-7-11/h10-11H,1-9H2,(H2,20,21,22,23,25). The Hall–Kier alpha value is -1.64. The third-order valence-corrected chi connectivity index (χ3v) is 4.82. The van der Waals surface area contributed by atoms with E-state index in [4.69, 9.17) is 12.2 Å². The van der Waals surface area contributed by atoms with Crippen molar-refractivity contribution in [1.29, 1.82) is 0 Å². The van der Waals surface area contributed by atoms with E-state index < -0.39 is 11.9 Å². The van der Waals surface area contributed by atoms with Crippen molar-refractivity contribution in [2.45, 2.75) is 57.2 Å². The summed E-state index contributed by atoms with van der Waals surface area (Å²) in [6.45, 7) is 1.41. The monoisotopic (exact) mass is 373 g/mol. The quantitative estimate of drug-likeness (QED) is 0.788. The van der Waals surface area contributed by atoms with Crippen molar-refractivity contribution in [3.8, 4) is 0 Å². The van der Waals surface area contributed by atoms with E-state index in [9.17, 15) is 13.2 Å². The fourth-order valence-corrected chi connectivity index (χ4v) is 3.57. The molecule has 3 rings (SSSR count). The van der Waals surface area contributed by atoms with Gasteiger partial charge in [0.15, 0.2) is 10.8 Å². The number of rotatable bonds is 3. The first-order valence-corrected chi connectivity index (χ1v) is 9.11. The zero-order valence-corrected chi connectivity index (χ0v) is 14.7. The van der Waals surface area contributed by atoms with Crippen molar-refractivity contribution in [1.82, 2.24) is 15.3 Å². The second-order valence-corrected chi connectivity index (χ2v) is 6.97. The number of alkyl halides is 3. The molecule has 2 heterocycles. The first-order chi connectivity index (χ1) is 11.9. The molecular weight excluding hydrogens is 351 g/mol. The van der Waals surface area contributed by atoms with E-state index in [-0.39, 0.29) is 17.1 Å². The maximum atomic E-state index is 13.2. The molecule has 9 heteroatoms. The van der Waals surface area contributed by atoms with Gasteiger partial charge in [-0.1, -0.05) is 12.8 Å². The van der Waals surface area contributed by atoms with Gasteiger partial charge in [-0.05, 0) is 44.3 Å². The van der Waals surface area contributed by atoms with Crippen LogP contribution in [0.1, 0.15) is 50.6 Å². The van der Waals surface area contributed by atoms with Crippen LogP contribution in [0, 0.1) is 0 Å². The van der Waals surface area contributed by atoms with Crippen LogP contribution in [0.25, 0.3) is 0 Å². The van der Waals surface area contributed by atoms with Crippen LogP contribution in [0.3, 0.4) is 0 Å². The number of nitrogens with zero attached hydrogens (tertiary/aromatic N) is 3. The van der Waals surface area contributed by atoms with Gasteiger partial charge in [-0.25, -0.2) is 4.98 Å². The first-order valence-electron chi connectivity index (χ1n) is 8.70. The van der Waals surface area contributed by atoms with Gasteiger partial charge >= 0.3 is 6.18 Å². The number of halogens is 3. The molecule has 1 aromatic rings. The molecule has 0 radical (unpaired) electrons. The largest absolute Gasteiger partial charge is 0.433 e. The van der Waals surface area contributed by atoms with Gasteiger partial charge in [0, 0.05) is 25.2 Å². The fourth-order valence-electron chi connectivity index (χ4n) is 3.31. The van der Waals surface area contributed by atoms with Crippen LogP contribution in [0.2, 0.25) is 0 Å². The van der Waals surface area contributed by atoms with E-state index in [0.29, 0.717) is 18.9 Å². The molecule has 2 aliphatic rings. The summed E-state index contributed by atoms with van der Waals surface area (Å²) in [6.07, 6.45) is 2.79. The normalized spacial score (nSPS) is 19.1. The lowest BCUT2D eigenvalue weighted by molar-refractivity contribution is -0.141. The molecule has 1 saturated heterocycles. The van der Waals surface area contributed by atoms with Gasteiger partial charge in [0.1, 0.15) is 5.82 Å². The summed E-state index contributed by atoms with van der Waals surface area (Å²) in [4.78, 5) is 9.75. The predicted octanol–water partition coefficient (Wildman–Crippen LogP) is 3.71. The summed E-state index contributed by atoms with van der Waals surface area (Å²) < 4.78 is 39.6. The maximum absolute atomic E-state index is 13.2. The van der Waals surface area contributed by atoms with Crippen LogP contribution in [-0.4, -0.2) is 34.2 Å². The van der Waals surface area contributed by atoms with Gasteiger partial charge in [-0.3, -0.25) is 0 Å². The number of hydrogen-bond donors (Lipinski definition) is 2. The van der Waals surface area contributed by atoms with Crippen LogP contribution < -0.4 is 15.5 Å². The molecule has 2 N–H and O–H groups in total. The summed E-state index contributed by atoms with van der Waals surface area (Å²) in [5.74, 6) is 0.194. The Morgan fingerprint density at radius 3 is 2.40 bits per heavy atom. The molecular formula is C16H22F3N5S. The minimum atomic E-state index is -4.52. The number of hydrogen-bond acceptors (Lipinski definition) is 4. The summed E-state index contributed by atoms with van der Waals surface area (Å²) >= 11 is 5.21. The molecule has 0 aromatic carbocycles. The highest BCUT2D eigenvalue weighted by Gasteiger charge is 2.34. The van der Waals surface area contributed by atoms with Crippen LogP contribution in [-0.2, 0) is 6.18 Å². The number of nitrogens with one attached hydrogen (secondary N) is 2. The smallest absolute Gasteiger partial charge is 0.360 e. The van der Waals surface area contributed by atoms with Crippen LogP contribution >= 0.6 is 12.2 Å². The van der Waals surface area contributed by atoms with E-state index in [1.807, 2.05) is 4.90 Å². The topological polar surface area (TPSA) is 53.1 Å². The molecule has 0 bridgehead atoms. The molecule has 5 nitrogen and oxygen atoms in total. The molecule has 1 aliphatic carbocycles. The second-order valence-electron chi connectivity index (χ2n) is 6.56. The lowest BCUT2D eigenvalue weighted by Gasteiger charge is -2.28. The maximum Gasteiger partial charge on any atom is 0.433 e. The number of anilines is 2. The average molecular weight is 373 g/mol. The predicted molar refractivity (Wildman–Crippen MR) is 94.7 cm³/mol. The van der Waals surface area contributed by atoms with E-state index in [1.165, 1.54) is 0 Å². The van der Waals surface area contributed by atoms with Gasteiger partial charge in [0.05, 0.1) is 0 Å². The molecule has 138 valence electrons.